The minimum Gasteiger partial charge on any atom is -0.416 e. The Hall–Kier alpha value is -3.40. The molecule has 0 aliphatic heterocycles. The van der Waals surface area contributed by atoms with Crippen LogP contribution in [-0.4, -0.2) is 15.2 Å². The zero-order chi connectivity index (χ0) is 15.9. The SMILES string of the molecule is c1ccc(-c2nnc(-c3c[nH]c4c3ccc3ccccc34)o2)cc1. The molecule has 0 amide bonds. The molecule has 0 atom stereocenters. The average Bonchev–Trinajstić information content (AvgIpc) is 3.29. The van der Waals surface area contributed by atoms with Crippen LogP contribution in [-0.2, 0) is 0 Å². The fraction of sp³-hybridized carbons (Fsp3) is 0. The molecule has 1 N–H and O–H groups in total. The predicted molar refractivity (Wildman–Crippen MR) is 94.5 cm³/mol. The lowest BCUT2D eigenvalue weighted by molar-refractivity contribution is 0.585. The molecule has 0 aliphatic rings. The first kappa shape index (κ1) is 13.1. The summed E-state index contributed by atoms with van der Waals surface area (Å²) in [6.45, 7) is 0. The molecule has 5 aromatic rings. The first-order chi connectivity index (χ1) is 11.9. The highest BCUT2D eigenvalue weighted by Crippen LogP contribution is 2.33. The van der Waals surface area contributed by atoms with E-state index in [1.807, 2.05) is 48.7 Å². The van der Waals surface area contributed by atoms with Crippen molar-refractivity contribution in [3.63, 3.8) is 0 Å². The summed E-state index contributed by atoms with van der Waals surface area (Å²) in [5.74, 6) is 1.05. The number of hydrogen-bond acceptors (Lipinski definition) is 3. The maximum Gasteiger partial charge on any atom is 0.250 e. The van der Waals surface area contributed by atoms with Crippen molar-refractivity contribution in [3.8, 4) is 22.9 Å². The summed E-state index contributed by atoms with van der Waals surface area (Å²) in [7, 11) is 0. The third-order valence-corrected chi connectivity index (χ3v) is 4.26. The molecule has 4 heteroatoms. The Labute approximate surface area is 137 Å². The molecular weight excluding hydrogens is 298 g/mol. The smallest absolute Gasteiger partial charge is 0.250 e. The lowest BCUT2D eigenvalue weighted by Crippen LogP contribution is -1.77. The molecule has 0 spiro atoms. The van der Waals surface area contributed by atoms with Crippen LogP contribution in [0.3, 0.4) is 0 Å². The highest BCUT2D eigenvalue weighted by Gasteiger charge is 2.15. The molecule has 0 saturated heterocycles. The average molecular weight is 311 g/mol. The third-order valence-electron chi connectivity index (χ3n) is 4.26. The van der Waals surface area contributed by atoms with Gasteiger partial charge in [0.15, 0.2) is 0 Å². The van der Waals surface area contributed by atoms with Crippen LogP contribution in [0, 0.1) is 0 Å². The van der Waals surface area contributed by atoms with E-state index in [4.69, 9.17) is 4.42 Å². The van der Waals surface area contributed by atoms with Crippen molar-refractivity contribution in [2.75, 3.05) is 0 Å². The molecule has 2 heterocycles. The number of benzene rings is 3. The quantitative estimate of drug-likeness (QED) is 0.497. The van der Waals surface area contributed by atoms with Gasteiger partial charge in [-0.05, 0) is 17.5 Å². The summed E-state index contributed by atoms with van der Waals surface area (Å²) in [5, 5.41) is 11.9. The fourth-order valence-corrected chi connectivity index (χ4v) is 3.08. The maximum atomic E-state index is 5.89. The number of hydrogen-bond donors (Lipinski definition) is 1. The van der Waals surface area contributed by atoms with Crippen LogP contribution in [0.15, 0.2) is 77.3 Å². The maximum absolute atomic E-state index is 5.89. The minimum absolute atomic E-state index is 0.524. The molecule has 5 rings (SSSR count). The van der Waals surface area contributed by atoms with Crippen LogP contribution in [0.1, 0.15) is 0 Å². The second-order valence-electron chi connectivity index (χ2n) is 5.69. The molecule has 0 fully saturated rings. The highest BCUT2D eigenvalue weighted by atomic mass is 16.4. The van der Waals surface area contributed by atoms with Crippen molar-refractivity contribution in [2.24, 2.45) is 0 Å². The van der Waals surface area contributed by atoms with Gasteiger partial charge in [-0.1, -0.05) is 54.6 Å². The summed E-state index contributed by atoms with van der Waals surface area (Å²) >= 11 is 0. The largest absolute Gasteiger partial charge is 0.416 e. The van der Waals surface area contributed by atoms with Crippen molar-refractivity contribution in [1.82, 2.24) is 15.2 Å². The van der Waals surface area contributed by atoms with Gasteiger partial charge in [-0.2, -0.15) is 0 Å². The highest BCUT2D eigenvalue weighted by molar-refractivity contribution is 6.09. The van der Waals surface area contributed by atoms with E-state index in [2.05, 4.69) is 39.4 Å². The van der Waals surface area contributed by atoms with Gasteiger partial charge in [0.1, 0.15) is 0 Å². The van der Waals surface area contributed by atoms with Gasteiger partial charge in [-0.15, -0.1) is 10.2 Å². The Bertz CT molecular complexity index is 1160. The van der Waals surface area contributed by atoms with E-state index >= 15 is 0 Å². The van der Waals surface area contributed by atoms with Crippen molar-refractivity contribution in [1.29, 1.82) is 0 Å². The normalized spacial score (nSPS) is 11.3. The summed E-state index contributed by atoms with van der Waals surface area (Å²) in [6.07, 6.45) is 1.93. The summed E-state index contributed by atoms with van der Waals surface area (Å²) in [4.78, 5) is 3.35. The summed E-state index contributed by atoms with van der Waals surface area (Å²) in [6, 6.07) is 22.3. The number of aromatic amines is 1. The molecule has 0 saturated carbocycles. The molecule has 0 aliphatic carbocycles. The van der Waals surface area contributed by atoms with Gasteiger partial charge in [-0.25, -0.2) is 0 Å². The molecule has 0 unspecified atom stereocenters. The van der Waals surface area contributed by atoms with E-state index in [9.17, 15) is 0 Å². The van der Waals surface area contributed by atoms with Crippen LogP contribution in [0.25, 0.3) is 44.6 Å². The van der Waals surface area contributed by atoms with Gasteiger partial charge in [0.05, 0.1) is 11.1 Å². The number of nitrogens with one attached hydrogen (secondary N) is 1. The van der Waals surface area contributed by atoms with Crippen molar-refractivity contribution in [3.05, 3.63) is 72.9 Å². The Morgan fingerprint density at radius 3 is 2.42 bits per heavy atom. The van der Waals surface area contributed by atoms with Crippen LogP contribution in [0.5, 0.6) is 0 Å². The zero-order valence-corrected chi connectivity index (χ0v) is 12.7. The van der Waals surface area contributed by atoms with E-state index in [0.717, 1.165) is 22.0 Å². The Morgan fingerprint density at radius 2 is 1.50 bits per heavy atom. The molecule has 0 bridgehead atoms. The van der Waals surface area contributed by atoms with Crippen molar-refractivity contribution >= 4 is 21.7 Å². The van der Waals surface area contributed by atoms with E-state index < -0.39 is 0 Å². The predicted octanol–water partition coefficient (Wildman–Crippen LogP) is 5.04. The lowest BCUT2D eigenvalue weighted by atomic mass is 10.1. The first-order valence-corrected chi connectivity index (χ1v) is 7.78. The number of nitrogens with zero attached hydrogens (tertiary/aromatic N) is 2. The van der Waals surface area contributed by atoms with Gasteiger partial charge in [-0.3, -0.25) is 0 Å². The van der Waals surface area contributed by atoms with E-state index in [0.29, 0.717) is 11.8 Å². The van der Waals surface area contributed by atoms with Gasteiger partial charge in [0.2, 0.25) is 11.8 Å². The molecule has 24 heavy (non-hydrogen) atoms. The number of H-pyrrole nitrogens is 1. The molecule has 3 aromatic carbocycles. The standard InChI is InChI=1S/C20H13N3O/c1-2-7-14(8-3-1)19-22-23-20(24-19)17-12-21-18-15-9-5-4-6-13(15)10-11-16(17)18/h1-12,21H. The topological polar surface area (TPSA) is 54.7 Å². The number of aromatic nitrogens is 3. The van der Waals surface area contributed by atoms with Crippen LogP contribution < -0.4 is 0 Å². The van der Waals surface area contributed by atoms with E-state index in [1.54, 1.807) is 0 Å². The van der Waals surface area contributed by atoms with Gasteiger partial charge >= 0.3 is 0 Å². The third kappa shape index (κ3) is 1.93. The van der Waals surface area contributed by atoms with Gasteiger partial charge in [0, 0.05) is 22.5 Å². The van der Waals surface area contributed by atoms with Crippen LogP contribution in [0.2, 0.25) is 0 Å². The van der Waals surface area contributed by atoms with Crippen LogP contribution in [0.4, 0.5) is 0 Å². The molecule has 4 nitrogen and oxygen atoms in total. The van der Waals surface area contributed by atoms with Crippen molar-refractivity contribution < 1.29 is 4.42 Å². The van der Waals surface area contributed by atoms with Crippen LogP contribution >= 0.6 is 0 Å². The second kappa shape index (κ2) is 5.06. The molecule has 0 radical (unpaired) electrons. The Morgan fingerprint density at radius 1 is 0.708 bits per heavy atom. The second-order valence-corrected chi connectivity index (χ2v) is 5.69. The molecular formula is C20H13N3O. The van der Waals surface area contributed by atoms with E-state index in [-0.39, 0.29) is 0 Å². The zero-order valence-electron chi connectivity index (χ0n) is 12.7. The number of fused-ring (bicyclic) bond motifs is 3. The van der Waals surface area contributed by atoms with Gasteiger partial charge in [0.25, 0.3) is 0 Å². The minimum atomic E-state index is 0.524. The summed E-state index contributed by atoms with van der Waals surface area (Å²) < 4.78 is 5.89. The first-order valence-electron chi connectivity index (χ1n) is 7.78. The van der Waals surface area contributed by atoms with E-state index in [1.165, 1.54) is 10.8 Å². The molecule has 2 aromatic heterocycles. The molecule has 114 valence electrons. The summed E-state index contributed by atoms with van der Waals surface area (Å²) in [5.41, 5.74) is 2.93. The fourth-order valence-electron chi connectivity index (χ4n) is 3.08. The Balaban J connectivity index is 1.68. The van der Waals surface area contributed by atoms with Crippen molar-refractivity contribution in [2.45, 2.75) is 0 Å². The van der Waals surface area contributed by atoms with Gasteiger partial charge < -0.3 is 9.40 Å². The number of rotatable bonds is 2. The monoisotopic (exact) mass is 311 g/mol. The Kier molecular flexibility index (Phi) is 2.76. The lowest BCUT2D eigenvalue weighted by Gasteiger charge is -1.99.